The Balaban J connectivity index is 1.96. The number of hydrogen-bond acceptors (Lipinski definition) is 6. The molecule has 4 rings (SSSR count). The number of rotatable bonds is 5. The second kappa shape index (κ2) is 8.55. The van der Waals surface area contributed by atoms with Gasteiger partial charge in [0.05, 0.1) is 31.1 Å². The van der Waals surface area contributed by atoms with E-state index in [2.05, 4.69) is 4.98 Å². The molecule has 1 aliphatic rings. The highest BCUT2D eigenvalue weighted by Gasteiger charge is 2.47. The number of benzene rings is 2. The number of pyridine rings is 1. The van der Waals surface area contributed by atoms with E-state index in [0.29, 0.717) is 22.9 Å². The monoisotopic (exact) mass is 430 g/mol. The van der Waals surface area contributed by atoms with Crippen LogP contribution >= 0.6 is 0 Å². The van der Waals surface area contributed by atoms with Gasteiger partial charge in [-0.3, -0.25) is 19.5 Å². The molecule has 7 heteroatoms. The van der Waals surface area contributed by atoms with Crippen LogP contribution < -0.4 is 14.4 Å². The lowest BCUT2D eigenvalue weighted by molar-refractivity contribution is -0.132. The number of nitrogens with zero attached hydrogens (tertiary/aromatic N) is 2. The molecule has 1 N–H and O–H groups in total. The molecular formula is C25H22N2O5. The second-order valence-electron chi connectivity index (χ2n) is 7.33. The molecule has 0 saturated carbocycles. The van der Waals surface area contributed by atoms with Crippen molar-refractivity contribution >= 4 is 23.1 Å². The molecule has 1 amide bonds. The fourth-order valence-electron chi connectivity index (χ4n) is 3.83. The van der Waals surface area contributed by atoms with Crippen LogP contribution in [-0.4, -0.2) is 36.0 Å². The molecule has 0 spiro atoms. The van der Waals surface area contributed by atoms with Crippen molar-refractivity contribution in [2.24, 2.45) is 0 Å². The summed E-state index contributed by atoms with van der Waals surface area (Å²) in [7, 11) is 2.97. The van der Waals surface area contributed by atoms with Gasteiger partial charge in [0, 0.05) is 18.0 Å². The standard InChI is InChI=1S/C25H22N2O5/c1-15-7-6-8-16(13-15)27-22(19-9-4-5-12-26-19)21(24(29)25(27)30)23(28)18-11-10-17(31-2)14-20(18)32-3/h4-14,22,28H,1-3H3/b23-21-. The van der Waals surface area contributed by atoms with Crippen LogP contribution in [0.25, 0.3) is 5.76 Å². The average Bonchev–Trinajstić information content (AvgIpc) is 3.09. The van der Waals surface area contributed by atoms with Gasteiger partial charge in [0.2, 0.25) is 0 Å². The molecule has 32 heavy (non-hydrogen) atoms. The molecule has 2 heterocycles. The van der Waals surface area contributed by atoms with E-state index < -0.39 is 17.7 Å². The molecule has 7 nitrogen and oxygen atoms in total. The van der Waals surface area contributed by atoms with Crippen molar-refractivity contribution in [3.8, 4) is 11.5 Å². The minimum Gasteiger partial charge on any atom is -0.507 e. The zero-order valence-electron chi connectivity index (χ0n) is 17.9. The molecular weight excluding hydrogens is 408 g/mol. The van der Waals surface area contributed by atoms with Crippen LogP contribution in [0.2, 0.25) is 0 Å². The summed E-state index contributed by atoms with van der Waals surface area (Å²) in [4.78, 5) is 32.1. The lowest BCUT2D eigenvalue weighted by atomic mass is 9.97. The van der Waals surface area contributed by atoms with E-state index in [0.717, 1.165) is 5.56 Å². The van der Waals surface area contributed by atoms with Crippen LogP contribution in [0.15, 0.2) is 72.4 Å². The Hall–Kier alpha value is -4.13. The van der Waals surface area contributed by atoms with Crippen molar-refractivity contribution in [2.45, 2.75) is 13.0 Å². The quantitative estimate of drug-likeness (QED) is 0.373. The zero-order valence-corrected chi connectivity index (χ0v) is 17.9. The number of ketones is 1. The highest BCUT2D eigenvalue weighted by atomic mass is 16.5. The van der Waals surface area contributed by atoms with Crippen LogP contribution in [-0.2, 0) is 9.59 Å². The minimum atomic E-state index is -0.898. The number of carbonyl (C=O) groups excluding carboxylic acids is 2. The van der Waals surface area contributed by atoms with Gasteiger partial charge in [0.15, 0.2) is 0 Å². The average molecular weight is 430 g/mol. The predicted molar refractivity (Wildman–Crippen MR) is 120 cm³/mol. The lowest BCUT2D eigenvalue weighted by Crippen LogP contribution is -2.29. The van der Waals surface area contributed by atoms with Gasteiger partial charge in [0.25, 0.3) is 11.7 Å². The minimum absolute atomic E-state index is 0.0568. The van der Waals surface area contributed by atoms with Gasteiger partial charge >= 0.3 is 0 Å². The van der Waals surface area contributed by atoms with Gasteiger partial charge in [-0.1, -0.05) is 18.2 Å². The Morgan fingerprint density at radius 2 is 1.81 bits per heavy atom. The van der Waals surface area contributed by atoms with Crippen LogP contribution in [0.4, 0.5) is 5.69 Å². The molecule has 1 aromatic heterocycles. The molecule has 1 atom stereocenters. The maximum absolute atomic E-state index is 13.2. The Kier molecular flexibility index (Phi) is 5.64. The number of aliphatic hydroxyl groups is 1. The number of carbonyl (C=O) groups is 2. The van der Waals surface area contributed by atoms with Gasteiger partial charge in [-0.25, -0.2) is 0 Å². The third kappa shape index (κ3) is 3.58. The van der Waals surface area contributed by atoms with Crippen molar-refractivity contribution < 1.29 is 24.2 Å². The largest absolute Gasteiger partial charge is 0.507 e. The van der Waals surface area contributed by atoms with E-state index >= 15 is 0 Å². The third-order valence-corrected chi connectivity index (χ3v) is 5.36. The van der Waals surface area contributed by atoms with Gasteiger partial charge in [-0.15, -0.1) is 0 Å². The zero-order chi connectivity index (χ0) is 22.8. The van der Waals surface area contributed by atoms with Gasteiger partial charge in [-0.05, 0) is 48.9 Å². The predicted octanol–water partition coefficient (Wildman–Crippen LogP) is 4.03. The van der Waals surface area contributed by atoms with Crippen molar-refractivity contribution in [1.82, 2.24) is 4.98 Å². The first kappa shape index (κ1) is 21.1. The van der Waals surface area contributed by atoms with Crippen LogP contribution in [0, 0.1) is 6.92 Å². The first-order valence-corrected chi connectivity index (χ1v) is 9.97. The number of aliphatic hydroxyl groups excluding tert-OH is 1. The summed E-state index contributed by atoms with van der Waals surface area (Å²) in [6.45, 7) is 1.90. The van der Waals surface area contributed by atoms with Crippen LogP contribution in [0.1, 0.15) is 22.9 Å². The molecule has 162 valence electrons. The van der Waals surface area contributed by atoms with Crippen molar-refractivity contribution in [1.29, 1.82) is 0 Å². The van der Waals surface area contributed by atoms with Crippen molar-refractivity contribution in [3.63, 3.8) is 0 Å². The number of amides is 1. The fraction of sp³-hybridized carbons (Fsp3) is 0.160. The Morgan fingerprint density at radius 1 is 1.00 bits per heavy atom. The highest BCUT2D eigenvalue weighted by molar-refractivity contribution is 6.51. The Labute approximate surface area is 185 Å². The molecule has 0 bridgehead atoms. The SMILES string of the molecule is COc1ccc(/C(O)=C2/C(=O)C(=O)N(c3cccc(C)c3)C2c2ccccn2)c(OC)c1. The Bertz CT molecular complexity index is 1220. The molecule has 0 radical (unpaired) electrons. The molecule has 1 saturated heterocycles. The third-order valence-electron chi connectivity index (χ3n) is 5.36. The molecule has 3 aromatic rings. The van der Waals surface area contributed by atoms with E-state index in [-0.39, 0.29) is 16.9 Å². The number of ether oxygens (including phenoxy) is 2. The van der Waals surface area contributed by atoms with Crippen molar-refractivity contribution in [3.05, 3.63) is 89.3 Å². The summed E-state index contributed by atoms with van der Waals surface area (Å²) in [6.07, 6.45) is 1.58. The number of aromatic nitrogens is 1. The molecule has 0 aliphatic carbocycles. The fourth-order valence-corrected chi connectivity index (χ4v) is 3.83. The molecule has 2 aromatic carbocycles. The summed E-state index contributed by atoms with van der Waals surface area (Å²) in [6, 6.07) is 16.4. The second-order valence-corrected chi connectivity index (χ2v) is 7.33. The number of anilines is 1. The van der Waals surface area contributed by atoms with E-state index in [9.17, 15) is 14.7 Å². The first-order chi connectivity index (χ1) is 15.5. The molecule has 1 unspecified atom stereocenters. The summed E-state index contributed by atoms with van der Waals surface area (Å²) in [5.41, 5.74) is 2.15. The Morgan fingerprint density at radius 3 is 2.47 bits per heavy atom. The number of aryl methyl sites for hydroxylation is 1. The molecule has 1 fully saturated rings. The highest BCUT2D eigenvalue weighted by Crippen LogP contribution is 2.43. The summed E-state index contributed by atoms with van der Waals surface area (Å²) < 4.78 is 10.6. The van der Waals surface area contributed by atoms with Crippen LogP contribution in [0.5, 0.6) is 11.5 Å². The van der Waals surface area contributed by atoms with Gasteiger partial charge < -0.3 is 14.6 Å². The van der Waals surface area contributed by atoms with Crippen molar-refractivity contribution in [2.75, 3.05) is 19.1 Å². The normalized spacial score (nSPS) is 17.5. The van der Waals surface area contributed by atoms with E-state index in [1.165, 1.54) is 19.1 Å². The van der Waals surface area contributed by atoms with E-state index in [4.69, 9.17) is 9.47 Å². The summed E-state index contributed by atoms with van der Waals surface area (Å²) >= 11 is 0. The van der Waals surface area contributed by atoms with Crippen LogP contribution in [0.3, 0.4) is 0 Å². The van der Waals surface area contributed by atoms with E-state index in [1.807, 2.05) is 25.1 Å². The first-order valence-electron chi connectivity index (χ1n) is 9.97. The lowest BCUT2D eigenvalue weighted by Gasteiger charge is -2.25. The topological polar surface area (TPSA) is 89.0 Å². The number of methoxy groups -OCH3 is 2. The summed E-state index contributed by atoms with van der Waals surface area (Å²) in [5.74, 6) is -1.03. The number of hydrogen-bond donors (Lipinski definition) is 1. The maximum Gasteiger partial charge on any atom is 0.300 e. The number of Topliss-reactive ketones (excluding diaryl/α,β-unsaturated/α-hetero) is 1. The molecule has 1 aliphatic heterocycles. The van der Waals surface area contributed by atoms with Gasteiger partial charge in [-0.2, -0.15) is 0 Å². The van der Waals surface area contributed by atoms with Gasteiger partial charge in [0.1, 0.15) is 23.3 Å². The smallest absolute Gasteiger partial charge is 0.300 e. The summed E-state index contributed by atoms with van der Waals surface area (Å²) in [5, 5.41) is 11.3. The van der Waals surface area contributed by atoms with E-state index in [1.54, 1.807) is 48.7 Å². The maximum atomic E-state index is 13.2.